The van der Waals surface area contributed by atoms with Gasteiger partial charge in [0.2, 0.25) is 10.0 Å². The zero-order valence-corrected chi connectivity index (χ0v) is 17.8. The van der Waals surface area contributed by atoms with Gasteiger partial charge in [-0.1, -0.05) is 30.3 Å². The van der Waals surface area contributed by atoms with Crippen LogP contribution < -0.4 is 5.32 Å². The maximum Gasteiger partial charge on any atom is 0.211 e. The number of hydrogen-bond donors (Lipinski definition) is 1. The number of hydrogen-bond acceptors (Lipinski definition) is 4. The fourth-order valence-corrected chi connectivity index (χ4v) is 4.70. The van der Waals surface area contributed by atoms with Gasteiger partial charge in [-0.25, -0.2) is 8.42 Å². The van der Waals surface area contributed by atoms with Crippen LogP contribution in [0.4, 0.5) is 11.4 Å². The molecule has 0 fully saturated rings. The Balaban J connectivity index is 1.66. The Kier molecular flexibility index (Phi) is 5.33. The van der Waals surface area contributed by atoms with Gasteiger partial charge in [-0.15, -0.1) is 0 Å². The SMILES string of the molecule is Cc1ccc(Nc2cccc3c2CCN(S(C)(=O)=O)C3)cc1-c1cccc(C#N)c1. The fraction of sp³-hybridized carbons (Fsp3) is 0.208. The number of aryl methyl sites for hydroxylation is 1. The van der Waals surface area contributed by atoms with Gasteiger partial charge in [0.1, 0.15) is 0 Å². The zero-order chi connectivity index (χ0) is 21.3. The second kappa shape index (κ2) is 7.94. The van der Waals surface area contributed by atoms with Gasteiger partial charge in [-0.05, 0) is 71.5 Å². The Morgan fingerprint density at radius 3 is 2.63 bits per heavy atom. The van der Waals surface area contributed by atoms with Crippen molar-refractivity contribution in [1.29, 1.82) is 5.26 Å². The lowest BCUT2D eigenvalue weighted by Gasteiger charge is -2.28. The van der Waals surface area contributed by atoms with Crippen molar-refractivity contribution in [3.8, 4) is 17.2 Å². The minimum atomic E-state index is -3.20. The van der Waals surface area contributed by atoms with Crippen LogP contribution in [0.25, 0.3) is 11.1 Å². The molecule has 0 amide bonds. The van der Waals surface area contributed by atoms with Crippen LogP contribution in [0.1, 0.15) is 22.3 Å². The van der Waals surface area contributed by atoms with Crippen LogP contribution in [0, 0.1) is 18.3 Å². The molecule has 1 heterocycles. The van der Waals surface area contributed by atoms with Crippen molar-refractivity contribution in [2.75, 3.05) is 18.1 Å². The van der Waals surface area contributed by atoms with E-state index in [1.165, 1.54) is 10.6 Å². The normalized spacial score (nSPS) is 14.0. The third-order valence-electron chi connectivity index (χ3n) is 5.52. The van der Waals surface area contributed by atoms with Gasteiger partial charge in [0.05, 0.1) is 17.9 Å². The fourth-order valence-electron chi connectivity index (χ4n) is 3.91. The van der Waals surface area contributed by atoms with Crippen molar-refractivity contribution in [2.24, 2.45) is 0 Å². The molecule has 0 saturated heterocycles. The van der Waals surface area contributed by atoms with Crippen molar-refractivity contribution < 1.29 is 8.42 Å². The van der Waals surface area contributed by atoms with E-state index in [0.717, 1.165) is 39.2 Å². The average molecular weight is 418 g/mol. The molecule has 0 spiro atoms. The van der Waals surface area contributed by atoms with Crippen LogP contribution in [-0.4, -0.2) is 25.5 Å². The maximum atomic E-state index is 11.9. The van der Waals surface area contributed by atoms with Gasteiger partial charge in [0.15, 0.2) is 0 Å². The molecule has 4 rings (SSSR count). The van der Waals surface area contributed by atoms with Gasteiger partial charge in [-0.2, -0.15) is 9.57 Å². The zero-order valence-electron chi connectivity index (χ0n) is 17.0. The van der Waals surface area contributed by atoms with E-state index in [1.54, 1.807) is 6.07 Å². The first-order valence-electron chi connectivity index (χ1n) is 9.79. The molecule has 0 bridgehead atoms. The van der Waals surface area contributed by atoms with Crippen molar-refractivity contribution in [1.82, 2.24) is 4.31 Å². The molecule has 3 aromatic carbocycles. The first-order valence-corrected chi connectivity index (χ1v) is 11.6. The van der Waals surface area contributed by atoms with Gasteiger partial charge >= 0.3 is 0 Å². The van der Waals surface area contributed by atoms with Crippen LogP contribution in [0.3, 0.4) is 0 Å². The summed E-state index contributed by atoms with van der Waals surface area (Å²) < 4.78 is 25.3. The highest BCUT2D eigenvalue weighted by molar-refractivity contribution is 7.88. The summed E-state index contributed by atoms with van der Waals surface area (Å²) in [6.45, 7) is 2.96. The first-order chi connectivity index (χ1) is 14.3. The van der Waals surface area contributed by atoms with E-state index in [2.05, 4.69) is 30.4 Å². The Morgan fingerprint density at radius 1 is 1.07 bits per heavy atom. The summed E-state index contributed by atoms with van der Waals surface area (Å²) in [6, 6.07) is 22.0. The van der Waals surface area contributed by atoms with Crippen LogP contribution >= 0.6 is 0 Å². The van der Waals surface area contributed by atoms with E-state index in [0.29, 0.717) is 25.1 Å². The molecule has 1 aliphatic rings. The third kappa shape index (κ3) is 4.09. The molecular weight excluding hydrogens is 394 g/mol. The molecule has 0 atom stereocenters. The van der Waals surface area contributed by atoms with E-state index in [-0.39, 0.29) is 0 Å². The summed E-state index contributed by atoms with van der Waals surface area (Å²) in [7, 11) is -3.20. The summed E-state index contributed by atoms with van der Waals surface area (Å²) in [5.41, 5.74) is 8.00. The Hall–Kier alpha value is -3.14. The second-order valence-electron chi connectivity index (χ2n) is 7.64. The smallest absolute Gasteiger partial charge is 0.211 e. The number of rotatable bonds is 4. The molecule has 0 unspecified atom stereocenters. The van der Waals surface area contributed by atoms with Gasteiger partial charge in [0, 0.05) is 24.5 Å². The van der Waals surface area contributed by atoms with Crippen LogP contribution in [0.15, 0.2) is 60.7 Å². The highest BCUT2D eigenvalue weighted by Crippen LogP contribution is 2.32. The lowest BCUT2D eigenvalue weighted by atomic mass is 9.97. The monoisotopic (exact) mass is 417 g/mol. The number of nitriles is 1. The van der Waals surface area contributed by atoms with Gasteiger partial charge in [0.25, 0.3) is 0 Å². The highest BCUT2D eigenvalue weighted by Gasteiger charge is 2.24. The number of sulfonamides is 1. The third-order valence-corrected chi connectivity index (χ3v) is 6.77. The molecule has 0 aliphatic carbocycles. The molecule has 6 heteroatoms. The molecule has 0 radical (unpaired) electrons. The number of nitrogens with zero attached hydrogens (tertiary/aromatic N) is 2. The molecule has 30 heavy (non-hydrogen) atoms. The quantitative estimate of drug-likeness (QED) is 0.674. The molecule has 152 valence electrons. The summed E-state index contributed by atoms with van der Waals surface area (Å²) in [5.74, 6) is 0. The summed E-state index contributed by atoms with van der Waals surface area (Å²) in [6.07, 6.45) is 1.93. The van der Waals surface area contributed by atoms with Gasteiger partial charge in [-0.3, -0.25) is 0 Å². The van der Waals surface area contributed by atoms with Crippen molar-refractivity contribution in [3.63, 3.8) is 0 Å². The van der Waals surface area contributed by atoms with Crippen molar-refractivity contribution >= 4 is 21.4 Å². The molecular formula is C24H23N3O2S. The predicted molar refractivity (Wildman–Crippen MR) is 120 cm³/mol. The lowest BCUT2D eigenvalue weighted by molar-refractivity contribution is 0.395. The van der Waals surface area contributed by atoms with Crippen LogP contribution in [0.5, 0.6) is 0 Å². The lowest BCUT2D eigenvalue weighted by Crippen LogP contribution is -2.35. The second-order valence-corrected chi connectivity index (χ2v) is 9.62. The minimum Gasteiger partial charge on any atom is -0.355 e. The Morgan fingerprint density at radius 2 is 1.87 bits per heavy atom. The number of fused-ring (bicyclic) bond motifs is 1. The largest absolute Gasteiger partial charge is 0.355 e. The Bertz CT molecular complexity index is 1260. The molecule has 1 aliphatic heterocycles. The number of anilines is 2. The van der Waals surface area contributed by atoms with E-state index in [9.17, 15) is 13.7 Å². The van der Waals surface area contributed by atoms with Crippen LogP contribution in [-0.2, 0) is 23.0 Å². The van der Waals surface area contributed by atoms with E-state index < -0.39 is 10.0 Å². The molecule has 0 saturated carbocycles. The number of benzene rings is 3. The van der Waals surface area contributed by atoms with Gasteiger partial charge < -0.3 is 5.32 Å². The van der Waals surface area contributed by atoms with E-state index in [4.69, 9.17) is 0 Å². The predicted octanol–water partition coefficient (Wildman–Crippen LogP) is 4.60. The first kappa shape index (κ1) is 20.1. The molecule has 5 nitrogen and oxygen atoms in total. The number of nitrogens with one attached hydrogen (secondary N) is 1. The average Bonchev–Trinajstić information content (AvgIpc) is 2.74. The van der Waals surface area contributed by atoms with E-state index >= 15 is 0 Å². The van der Waals surface area contributed by atoms with E-state index in [1.807, 2.05) is 42.5 Å². The molecule has 1 N–H and O–H groups in total. The summed E-state index contributed by atoms with van der Waals surface area (Å²) >= 11 is 0. The van der Waals surface area contributed by atoms with Crippen molar-refractivity contribution in [3.05, 3.63) is 82.9 Å². The molecule has 3 aromatic rings. The van der Waals surface area contributed by atoms with Crippen molar-refractivity contribution in [2.45, 2.75) is 19.9 Å². The minimum absolute atomic E-state index is 0.407. The van der Waals surface area contributed by atoms with Crippen LogP contribution in [0.2, 0.25) is 0 Å². The maximum absolute atomic E-state index is 11.9. The highest BCUT2D eigenvalue weighted by atomic mass is 32.2. The standard InChI is InChI=1S/C24H23N3O2S/c1-17-9-10-21(14-23(17)19-6-3-5-18(13-19)15-25)26-24-8-4-7-20-16-27(30(2,28)29)12-11-22(20)24/h3-10,13-14,26H,11-12,16H2,1-2H3. The molecule has 0 aromatic heterocycles. The summed E-state index contributed by atoms with van der Waals surface area (Å²) in [4.78, 5) is 0. The summed E-state index contributed by atoms with van der Waals surface area (Å²) in [5, 5.41) is 12.7. The topological polar surface area (TPSA) is 73.2 Å². The Labute approximate surface area is 177 Å².